The first-order chi connectivity index (χ1) is 11.2. The predicted molar refractivity (Wildman–Crippen MR) is 89.8 cm³/mol. The molecule has 0 spiro atoms. The Morgan fingerprint density at radius 1 is 1.09 bits per heavy atom. The number of aryl methyl sites for hydroxylation is 1. The van der Waals surface area contributed by atoms with Crippen molar-refractivity contribution in [1.29, 1.82) is 0 Å². The summed E-state index contributed by atoms with van der Waals surface area (Å²) in [6.45, 7) is 2.16. The molecule has 1 heterocycles. The van der Waals surface area contributed by atoms with Crippen LogP contribution in [0.2, 0.25) is 0 Å². The molecule has 116 valence electrons. The fourth-order valence-corrected chi connectivity index (χ4v) is 2.64. The molecule has 0 saturated heterocycles. The van der Waals surface area contributed by atoms with Gasteiger partial charge in [-0.25, -0.2) is 0 Å². The molecule has 3 rings (SSSR count). The molecule has 1 N–H and O–H groups in total. The maximum Gasteiger partial charge on any atom is 0.257 e. The maximum atomic E-state index is 12.4. The first-order valence-corrected chi connectivity index (χ1v) is 7.91. The Bertz CT molecular complexity index is 802. The van der Waals surface area contributed by atoms with E-state index in [-0.39, 0.29) is 5.91 Å². The van der Waals surface area contributed by atoms with E-state index in [1.54, 1.807) is 6.07 Å². The summed E-state index contributed by atoms with van der Waals surface area (Å²) in [4.78, 5) is 12.4. The number of nitrogens with one attached hydrogen (secondary N) is 1. The molecule has 1 amide bonds. The van der Waals surface area contributed by atoms with Crippen LogP contribution in [0.1, 0.15) is 20.9 Å². The van der Waals surface area contributed by atoms with Crippen LogP contribution in [0.3, 0.4) is 0 Å². The van der Waals surface area contributed by atoms with Gasteiger partial charge in [0.15, 0.2) is 0 Å². The van der Waals surface area contributed by atoms with E-state index in [4.69, 9.17) is 4.74 Å². The van der Waals surface area contributed by atoms with Gasteiger partial charge < -0.3 is 4.74 Å². The van der Waals surface area contributed by atoms with Crippen LogP contribution in [0.15, 0.2) is 54.6 Å². The molecule has 1 aromatic heterocycles. The Morgan fingerprint density at radius 2 is 1.83 bits per heavy atom. The highest BCUT2D eigenvalue weighted by molar-refractivity contribution is 7.15. The molecule has 6 heteroatoms. The van der Waals surface area contributed by atoms with Gasteiger partial charge in [-0.2, -0.15) is 0 Å². The number of carbonyl (C=O) groups is 1. The van der Waals surface area contributed by atoms with Crippen molar-refractivity contribution in [1.82, 2.24) is 10.2 Å². The van der Waals surface area contributed by atoms with E-state index in [0.29, 0.717) is 17.3 Å². The lowest BCUT2D eigenvalue weighted by atomic mass is 10.1. The first-order valence-electron chi connectivity index (χ1n) is 7.09. The Balaban J connectivity index is 1.73. The number of anilines is 1. The number of hydrogen-bond donors (Lipinski definition) is 1. The van der Waals surface area contributed by atoms with Gasteiger partial charge >= 0.3 is 0 Å². The largest absolute Gasteiger partial charge is 0.489 e. The van der Waals surface area contributed by atoms with Crippen LogP contribution in [0.25, 0.3) is 0 Å². The van der Waals surface area contributed by atoms with Crippen LogP contribution >= 0.6 is 11.3 Å². The van der Waals surface area contributed by atoms with Crippen LogP contribution in [0, 0.1) is 6.92 Å². The Labute approximate surface area is 138 Å². The van der Waals surface area contributed by atoms with E-state index in [1.165, 1.54) is 11.3 Å². The van der Waals surface area contributed by atoms with E-state index in [1.807, 2.05) is 55.5 Å². The van der Waals surface area contributed by atoms with Crippen molar-refractivity contribution in [2.45, 2.75) is 13.5 Å². The monoisotopic (exact) mass is 325 g/mol. The molecule has 2 aromatic carbocycles. The van der Waals surface area contributed by atoms with Gasteiger partial charge in [0.2, 0.25) is 5.13 Å². The number of ether oxygens (including phenoxy) is 1. The number of benzene rings is 2. The summed E-state index contributed by atoms with van der Waals surface area (Å²) in [5.41, 5.74) is 1.38. The zero-order chi connectivity index (χ0) is 16.1. The van der Waals surface area contributed by atoms with Gasteiger partial charge in [0, 0.05) is 11.1 Å². The van der Waals surface area contributed by atoms with Gasteiger partial charge in [0.1, 0.15) is 17.4 Å². The van der Waals surface area contributed by atoms with E-state index < -0.39 is 0 Å². The standard InChI is InChI=1S/C17H15N3O2S/c1-12-19-20-17(23-12)18-16(21)15-10-6-5-7-13(15)11-22-14-8-3-2-4-9-14/h2-10H,11H2,1H3,(H,18,20,21). The Morgan fingerprint density at radius 3 is 2.57 bits per heavy atom. The van der Waals surface area contributed by atoms with Crippen molar-refractivity contribution in [3.63, 3.8) is 0 Å². The summed E-state index contributed by atoms with van der Waals surface area (Å²) < 4.78 is 5.73. The van der Waals surface area contributed by atoms with Crippen LogP contribution < -0.4 is 10.1 Å². The van der Waals surface area contributed by atoms with Crippen molar-refractivity contribution in [3.05, 3.63) is 70.7 Å². The quantitative estimate of drug-likeness (QED) is 0.777. The summed E-state index contributed by atoms with van der Waals surface area (Å²) in [6.07, 6.45) is 0. The number of rotatable bonds is 5. The molecule has 0 aliphatic rings. The summed E-state index contributed by atoms with van der Waals surface area (Å²) in [5.74, 6) is 0.552. The second-order valence-electron chi connectivity index (χ2n) is 4.84. The molecular formula is C17H15N3O2S. The third-order valence-corrected chi connectivity index (χ3v) is 3.90. The number of aromatic nitrogens is 2. The highest BCUT2D eigenvalue weighted by Crippen LogP contribution is 2.18. The SMILES string of the molecule is Cc1nnc(NC(=O)c2ccccc2COc2ccccc2)s1. The Hall–Kier alpha value is -2.73. The summed E-state index contributed by atoms with van der Waals surface area (Å²) in [6, 6.07) is 16.9. The van der Waals surface area contributed by atoms with Crippen LogP contribution in [0.5, 0.6) is 5.75 Å². The van der Waals surface area contributed by atoms with E-state index in [2.05, 4.69) is 15.5 Å². The lowest BCUT2D eigenvalue weighted by molar-refractivity contribution is 0.102. The summed E-state index contributed by atoms with van der Waals surface area (Å²) in [5, 5.41) is 11.9. The number of amides is 1. The van der Waals surface area contributed by atoms with E-state index >= 15 is 0 Å². The number of hydrogen-bond acceptors (Lipinski definition) is 5. The molecule has 3 aromatic rings. The molecule has 0 unspecified atom stereocenters. The van der Waals surface area contributed by atoms with E-state index in [0.717, 1.165) is 16.3 Å². The second kappa shape index (κ2) is 7.02. The van der Waals surface area contributed by atoms with Crippen LogP contribution in [-0.2, 0) is 6.61 Å². The third kappa shape index (κ3) is 3.92. The third-order valence-electron chi connectivity index (χ3n) is 3.15. The average Bonchev–Trinajstić information content (AvgIpc) is 2.99. The van der Waals surface area contributed by atoms with Gasteiger partial charge in [0.25, 0.3) is 5.91 Å². The molecule has 5 nitrogen and oxygen atoms in total. The number of para-hydroxylation sites is 1. The zero-order valence-corrected chi connectivity index (χ0v) is 13.3. The molecule has 0 saturated carbocycles. The highest BCUT2D eigenvalue weighted by atomic mass is 32.1. The van der Waals surface area contributed by atoms with Crippen molar-refractivity contribution in [2.24, 2.45) is 0 Å². The van der Waals surface area contributed by atoms with E-state index in [9.17, 15) is 4.79 Å². The predicted octanol–water partition coefficient (Wildman–Crippen LogP) is 3.68. The van der Waals surface area contributed by atoms with Crippen LogP contribution in [-0.4, -0.2) is 16.1 Å². The van der Waals surface area contributed by atoms with Gasteiger partial charge in [0.05, 0.1) is 0 Å². The maximum absolute atomic E-state index is 12.4. The molecular weight excluding hydrogens is 310 g/mol. The van der Waals surface area contributed by atoms with Gasteiger partial charge in [-0.3, -0.25) is 10.1 Å². The van der Waals surface area contributed by atoms with Crippen molar-refractivity contribution >= 4 is 22.4 Å². The van der Waals surface area contributed by atoms with Gasteiger partial charge in [-0.05, 0) is 25.1 Å². The highest BCUT2D eigenvalue weighted by Gasteiger charge is 2.13. The second-order valence-corrected chi connectivity index (χ2v) is 6.02. The van der Waals surface area contributed by atoms with Gasteiger partial charge in [-0.1, -0.05) is 47.7 Å². The molecule has 0 fully saturated rings. The summed E-state index contributed by atoms with van der Waals surface area (Å²) in [7, 11) is 0. The zero-order valence-electron chi connectivity index (χ0n) is 12.5. The Kier molecular flexibility index (Phi) is 4.63. The smallest absolute Gasteiger partial charge is 0.257 e. The lowest BCUT2D eigenvalue weighted by Crippen LogP contribution is -2.15. The van der Waals surface area contributed by atoms with Crippen molar-refractivity contribution in [3.8, 4) is 5.75 Å². The molecule has 0 bridgehead atoms. The summed E-state index contributed by atoms with van der Waals surface area (Å²) >= 11 is 1.34. The molecule has 0 aliphatic carbocycles. The number of carbonyl (C=O) groups excluding carboxylic acids is 1. The normalized spacial score (nSPS) is 10.3. The topological polar surface area (TPSA) is 64.1 Å². The van der Waals surface area contributed by atoms with Gasteiger partial charge in [-0.15, -0.1) is 10.2 Å². The van der Waals surface area contributed by atoms with Crippen LogP contribution in [0.4, 0.5) is 5.13 Å². The molecule has 23 heavy (non-hydrogen) atoms. The first kappa shape index (κ1) is 15.2. The van der Waals surface area contributed by atoms with Crippen molar-refractivity contribution in [2.75, 3.05) is 5.32 Å². The molecule has 0 atom stereocenters. The minimum atomic E-state index is -0.214. The molecule has 0 aliphatic heterocycles. The minimum Gasteiger partial charge on any atom is -0.489 e. The fourth-order valence-electron chi connectivity index (χ4n) is 2.06. The average molecular weight is 325 g/mol. The lowest BCUT2D eigenvalue weighted by Gasteiger charge is -2.10. The number of nitrogens with zero attached hydrogens (tertiary/aromatic N) is 2. The van der Waals surface area contributed by atoms with Crippen molar-refractivity contribution < 1.29 is 9.53 Å². The fraction of sp³-hybridized carbons (Fsp3) is 0.118. The minimum absolute atomic E-state index is 0.214. The molecule has 0 radical (unpaired) electrons.